The van der Waals surface area contributed by atoms with Crippen LogP contribution < -0.4 is 0 Å². The van der Waals surface area contributed by atoms with Crippen molar-refractivity contribution >= 4 is 0 Å². The Balaban J connectivity index is 1.68. The van der Waals surface area contributed by atoms with E-state index in [0.717, 1.165) is 25.0 Å². The normalized spacial score (nSPS) is 36.8. The van der Waals surface area contributed by atoms with Gasteiger partial charge >= 0.3 is 0 Å². The number of rotatable bonds is 2. The second-order valence-electron chi connectivity index (χ2n) is 5.03. The van der Waals surface area contributed by atoms with E-state index in [1.165, 1.54) is 0 Å². The third kappa shape index (κ3) is 2.23. The highest BCUT2D eigenvalue weighted by Crippen LogP contribution is 2.40. The molecule has 17 heavy (non-hydrogen) atoms. The molecule has 4 atom stereocenters. The maximum Gasteiger partial charge on any atom is 0.184 e. The number of hydrogen-bond donors (Lipinski definition) is 1. The van der Waals surface area contributed by atoms with Crippen LogP contribution in [0.4, 0.5) is 0 Å². The Labute approximate surface area is 101 Å². The molecule has 2 aliphatic rings. The Bertz CT molecular complexity index is 365. The summed E-state index contributed by atoms with van der Waals surface area (Å²) in [5.74, 6) is 0.857. The number of ether oxygens (including phenoxy) is 2. The van der Waals surface area contributed by atoms with Crippen LogP contribution >= 0.6 is 0 Å². The Hall–Kier alpha value is -0.900. The van der Waals surface area contributed by atoms with Crippen LogP contribution in [-0.4, -0.2) is 24.4 Å². The van der Waals surface area contributed by atoms with E-state index >= 15 is 0 Å². The van der Waals surface area contributed by atoms with Crippen molar-refractivity contribution in [2.75, 3.05) is 13.2 Å². The van der Waals surface area contributed by atoms with Crippen LogP contribution in [0.2, 0.25) is 0 Å². The number of fused-ring (bicyclic) bond motifs is 1. The van der Waals surface area contributed by atoms with Crippen molar-refractivity contribution in [2.24, 2.45) is 11.8 Å². The summed E-state index contributed by atoms with van der Waals surface area (Å²) >= 11 is 0. The minimum Gasteiger partial charge on any atom is -0.396 e. The first-order chi connectivity index (χ1) is 8.36. The molecule has 1 aromatic rings. The molecule has 1 N–H and O–H groups in total. The topological polar surface area (TPSA) is 38.7 Å². The van der Waals surface area contributed by atoms with Crippen LogP contribution in [0.15, 0.2) is 30.3 Å². The molecule has 3 nitrogen and oxygen atoms in total. The maximum absolute atomic E-state index is 9.20. The van der Waals surface area contributed by atoms with E-state index in [2.05, 4.69) is 0 Å². The summed E-state index contributed by atoms with van der Waals surface area (Å²) in [5, 5.41) is 9.20. The summed E-state index contributed by atoms with van der Waals surface area (Å²) in [7, 11) is 0. The average Bonchev–Trinajstić information content (AvgIpc) is 2.81. The summed E-state index contributed by atoms with van der Waals surface area (Å²) in [6.45, 7) is 1.02. The van der Waals surface area contributed by atoms with Gasteiger partial charge in [0.15, 0.2) is 6.29 Å². The average molecular weight is 234 g/mol. The first-order valence-corrected chi connectivity index (χ1v) is 6.29. The molecule has 1 heterocycles. The summed E-state index contributed by atoms with van der Waals surface area (Å²) in [4.78, 5) is 0. The van der Waals surface area contributed by atoms with Gasteiger partial charge in [0.05, 0.1) is 12.7 Å². The van der Waals surface area contributed by atoms with E-state index in [1.54, 1.807) is 0 Å². The fourth-order valence-electron chi connectivity index (χ4n) is 2.88. The molecule has 0 unspecified atom stereocenters. The van der Waals surface area contributed by atoms with Crippen LogP contribution in [0, 0.1) is 11.8 Å². The van der Waals surface area contributed by atoms with Crippen molar-refractivity contribution in [1.82, 2.24) is 0 Å². The molecule has 0 spiro atoms. The molecule has 0 amide bonds. The quantitative estimate of drug-likeness (QED) is 0.852. The number of benzene rings is 1. The fourth-order valence-corrected chi connectivity index (χ4v) is 2.88. The van der Waals surface area contributed by atoms with Crippen molar-refractivity contribution in [1.29, 1.82) is 0 Å². The van der Waals surface area contributed by atoms with Gasteiger partial charge in [-0.15, -0.1) is 0 Å². The molecular formula is C14H18O3. The predicted octanol–water partition coefficient (Wildman–Crippen LogP) is 2.12. The second kappa shape index (κ2) is 4.77. The molecular weight excluding hydrogens is 216 g/mol. The SMILES string of the molecule is OC[C@@H]1C[C@@H]2CO[C@@H](c3ccccc3)O[C@@H]2C1. The van der Waals surface area contributed by atoms with Gasteiger partial charge in [-0.2, -0.15) is 0 Å². The first-order valence-electron chi connectivity index (χ1n) is 6.29. The molecule has 3 heteroatoms. The molecule has 1 saturated carbocycles. The van der Waals surface area contributed by atoms with Gasteiger partial charge in [0.2, 0.25) is 0 Å². The van der Waals surface area contributed by atoms with E-state index in [0.29, 0.717) is 11.8 Å². The third-order valence-electron chi connectivity index (χ3n) is 3.82. The van der Waals surface area contributed by atoms with Crippen LogP contribution in [-0.2, 0) is 9.47 Å². The standard InChI is InChI=1S/C14H18O3/c15-8-10-6-12-9-16-14(17-13(12)7-10)11-4-2-1-3-5-11/h1-5,10,12-15H,6-9H2/t10-,12-,13-,14-/m1/s1. The van der Waals surface area contributed by atoms with E-state index < -0.39 is 0 Å². The molecule has 1 aliphatic heterocycles. The Kier molecular flexibility index (Phi) is 3.14. The van der Waals surface area contributed by atoms with E-state index in [1.807, 2.05) is 30.3 Å². The van der Waals surface area contributed by atoms with Crippen LogP contribution in [0.5, 0.6) is 0 Å². The van der Waals surface area contributed by atoms with Crippen LogP contribution in [0.25, 0.3) is 0 Å². The minimum atomic E-state index is -0.227. The van der Waals surface area contributed by atoms with E-state index in [9.17, 15) is 5.11 Å². The smallest absolute Gasteiger partial charge is 0.184 e. The Morgan fingerprint density at radius 3 is 2.76 bits per heavy atom. The van der Waals surface area contributed by atoms with Gasteiger partial charge in [-0.25, -0.2) is 0 Å². The highest BCUT2D eigenvalue weighted by molar-refractivity contribution is 5.16. The predicted molar refractivity (Wildman–Crippen MR) is 63.3 cm³/mol. The van der Waals surface area contributed by atoms with Crippen molar-refractivity contribution in [3.8, 4) is 0 Å². The van der Waals surface area contributed by atoms with Crippen molar-refractivity contribution in [2.45, 2.75) is 25.2 Å². The lowest BCUT2D eigenvalue weighted by Gasteiger charge is -2.32. The number of aliphatic hydroxyl groups is 1. The maximum atomic E-state index is 9.20. The lowest BCUT2D eigenvalue weighted by Crippen LogP contribution is -2.32. The lowest BCUT2D eigenvalue weighted by atomic mass is 10.0. The zero-order chi connectivity index (χ0) is 11.7. The zero-order valence-electron chi connectivity index (χ0n) is 9.79. The van der Waals surface area contributed by atoms with Crippen molar-refractivity contribution in [3.05, 3.63) is 35.9 Å². The highest BCUT2D eigenvalue weighted by Gasteiger charge is 2.40. The Morgan fingerprint density at radius 2 is 2.00 bits per heavy atom. The highest BCUT2D eigenvalue weighted by atomic mass is 16.7. The number of hydrogen-bond acceptors (Lipinski definition) is 3. The summed E-state index contributed by atoms with van der Waals surface area (Å²) < 4.78 is 11.8. The molecule has 0 aromatic heterocycles. The largest absolute Gasteiger partial charge is 0.396 e. The molecule has 1 aromatic carbocycles. The lowest BCUT2D eigenvalue weighted by molar-refractivity contribution is -0.233. The molecule has 0 radical (unpaired) electrons. The zero-order valence-corrected chi connectivity index (χ0v) is 9.79. The van der Waals surface area contributed by atoms with Gasteiger partial charge in [0.25, 0.3) is 0 Å². The number of aliphatic hydroxyl groups excluding tert-OH is 1. The van der Waals surface area contributed by atoms with Gasteiger partial charge < -0.3 is 14.6 Å². The van der Waals surface area contributed by atoms with Crippen molar-refractivity contribution < 1.29 is 14.6 Å². The summed E-state index contributed by atoms with van der Waals surface area (Å²) in [6, 6.07) is 10.1. The third-order valence-corrected chi connectivity index (χ3v) is 3.82. The van der Waals surface area contributed by atoms with Crippen LogP contribution in [0.1, 0.15) is 24.7 Å². The summed E-state index contributed by atoms with van der Waals surface area (Å²) in [5.41, 5.74) is 1.08. The van der Waals surface area contributed by atoms with Gasteiger partial charge in [0.1, 0.15) is 0 Å². The van der Waals surface area contributed by atoms with Gasteiger partial charge in [-0.1, -0.05) is 30.3 Å². The molecule has 1 saturated heterocycles. The van der Waals surface area contributed by atoms with Gasteiger partial charge in [0, 0.05) is 18.1 Å². The molecule has 0 bridgehead atoms. The van der Waals surface area contributed by atoms with E-state index in [-0.39, 0.29) is 19.0 Å². The monoisotopic (exact) mass is 234 g/mol. The minimum absolute atomic E-state index is 0.227. The molecule has 1 aliphatic carbocycles. The molecule has 2 fully saturated rings. The van der Waals surface area contributed by atoms with Crippen LogP contribution in [0.3, 0.4) is 0 Å². The second-order valence-corrected chi connectivity index (χ2v) is 5.03. The van der Waals surface area contributed by atoms with Gasteiger partial charge in [-0.05, 0) is 18.8 Å². The van der Waals surface area contributed by atoms with E-state index in [4.69, 9.17) is 9.47 Å². The van der Waals surface area contributed by atoms with Gasteiger partial charge in [-0.3, -0.25) is 0 Å². The Morgan fingerprint density at radius 1 is 1.18 bits per heavy atom. The first kappa shape index (κ1) is 11.2. The summed E-state index contributed by atoms with van der Waals surface area (Å²) in [6.07, 6.45) is 2.03. The molecule has 3 rings (SSSR count). The van der Waals surface area contributed by atoms with Crippen molar-refractivity contribution in [3.63, 3.8) is 0 Å². The fraction of sp³-hybridized carbons (Fsp3) is 0.571. The molecule has 92 valence electrons.